The van der Waals surface area contributed by atoms with Crippen molar-refractivity contribution in [3.05, 3.63) is 75.7 Å². The molecule has 1 amide bonds. The number of para-hydroxylation sites is 2. The molecule has 7 nitrogen and oxygen atoms in total. The van der Waals surface area contributed by atoms with Crippen LogP contribution >= 0.6 is 11.3 Å². The van der Waals surface area contributed by atoms with Gasteiger partial charge in [-0.05, 0) is 48.9 Å². The Morgan fingerprint density at radius 3 is 2.55 bits per heavy atom. The summed E-state index contributed by atoms with van der Waals surface area (Å²) in [5.74, 6) is 0.611. The second kappa shape index (κ2) is 7.17. The van der Waals surface area contributed by atoms with Gasteiger partial charge in [0.2, 0.25) is 0 Å². The lowest BCUT2D eigenvalue weighted by Gasteiger charge is -2.07. The third kappa shape index (κ3) is 3.12. The van der Waals surface area contributed by atoms with Crippen molar-refractivity contribution in [2.24, 2.45) is 14.1 Å². The fourth-order valence-corrected chi connectivity index (χ4v) is 4.75. The highest BCUT2D eigenvalue weighted by molar-refractivity contribution is 7.20. The number of hydrogen-bond acceptors (Lipinski definition) is 5. The van der Waals surface area contributed by atoms with Crippen LogP contribution < -0.4 is 10.9 Å². The van der Waals surface area contributed by atoms with Crippen molar-refractivity contribution in [3.63, 3.8) is 0 Å². The first-order valence-corrected chi connectivity index (χ1v) is 10.5. The van der Waals surface area contributed by atoms with Gasteiger partial charge in [-0.15, -0.1) is 11.3 Å². The molecule has 0 unspecified atom stereocenters. The number of carbonyl (C=O) groups is 1. The maximum absolute atomic E-state index is 12.9. The van der Waals surface area contributed by atoms with Gasteiger partial charge in [0.15, 0.2) is 0 Å². The average molecular weight is 430 g/mol. The van der Waals surface area contributed by atoms with E-state index < -0.39 is 0 Å². The Balaban J connectivity index is 1.43. The van der Waals surface area contributed by atoms with Crippen LogP contribution in [0, 0.1) is 6.92 Å². The first-order chi connectivity index (χ1) is 14.9. The van der Waals surface area contributed by atoms with Crippen molar-refractivity contribution in [1.29, 1.82) is 0 Å². The van der Waals surface area contributed by atoms with Gasteiger partial charge in [-0.3, -0.25) is 9.59 Å². The van der Waals surface area contributed by atoms with Crippen molar-refractivity contribution in [2.45, 2.75) is 6.92 Å². The van der Waals surface area contributed by atoms with Crippen LogP contribution in [-0.4, -0.2) is 25.0 Å². The summed E-state index contributed by atoms with van der Waals surface area (Å²) in [6, 6.07) is 15.6. The Kier molecular flexibility index (Phi) is 4.44. The minimum atomic E-state index is -0.252. The van der Waals surface area contributed by atoms with E-state index in [1.54, 1.807) is 14.0 Å². The second-order valence-electron chi connectivity index (χ2n) is 7.41. The highest BCUT2D eigenvalue weighted by Gasteiger charge is 2.19. The van der Waals surface area contributed by atoms with Gasteiger partial charge >= 0.3 is 0 Å². The predicted octanol–water partition coefficient (Wildman–Crippen LogP) is 4.11. The van der Waals surface area contributed by atoms with Crippen LogP contribution in [0.25, 0.3) is 32.6 Å². The number of aromatic nitrogens is 4. The van der Waals surface area contributed by atoms with Crippen LogP contribution in [0.5, 0.6) is 0 Å². The zero-order valence-electron chi connectivity index (χ0n) is 17.2. The number of fused-ring (bicyclic) bond motifs is 2. The third-order valence-electron chi connectivity index (χ3n) is 5.40. The van der Waals surface area contributed by atoms with Crippen molar-refractivity contribution in [1.82, 2.24) is 19.1 Å². The minimum absolute atomic E-state index is 0.149. The molecule has 0 aliphatic carbocycles. The Hall–Kier alpha value is -3.78. The highest BCUT2D eigenvalue weighted by Crippen LogP contribution is 2.28. The number of aryl methyl sites for hydroxylation is 3. The Morgan fingerprint density at radius 2 is 1.81 bits per heavy atom. The number of rotatable bonds is 3. The van der Waals surface area contributed by atoms with Gasteiger partial charge < -0.3 is 14.5 Å². The lowest BCUT2D eigenvalue weighted by molar-refractivity contribution is 0.103. The molecule has 0 saturated heterocycles. The van der Waals surface area contributed by atoms with Gasteiger partial charge in [0.05, 0.1) is 27.6 Å². The van der Waals surface area contributed by atoms with Crippen LogP contribution in [0.15, 0.2) is 59.7 Å². The average Bonchev–Trinajstić information content (AvgIpc) is 3.29. The number of nitrogens with zero attached hydrogens (tertiary/aromatic N) is 4. The van der Waals surface area contributed by atoms with Gasteiger partial charge in [0.25, 0.3) is 11.5 Å². The third-order valence-corrected chi connectivity index (χ3v) is 6.60. The zero-order chi connectivity index (χ0) is 21.7. The molecule has 3 heterocycles. The Labute approximate surface area is 181 Å². The second-order valence-corrected chi connectivity index (χ2v) is 8.41. The SMILES string of the molecule is Cc1c(C(=O)Nc2ccc(-c3nc4ccccc4n3C)cc2)sc2ncn(C)c(=O)c12. The van der Waals surface area contributed by atoms with E-state index in [0.717, 1.165) is 22.4 Å². The number of anilines is 1. The largest absolute Gasteiger partial charge is 0.327 e. The zero-order valence-corrected chi connectivity index (χ0v) is 18.0. The summed E-state index contributed by atoms with van der Waals surface area (Å²) in [5.41, 5.74) is 4.15. The summed E-state index contributed by atoms with van der Waals surface area (Å²) < 4.78 is 3.47. The fourth-order valence-electron chi connectivity index (χ4n) is 3.72. The molecule has 2 aromatic carbocycles. The first kappa shape index (κ1) is 19.2. The van der Waals surface area contributed by atoms with Crippen molar-refractivity contribution < 1.29 is 4.79 Å². The minimum Gasteiger partial charge on any atom is -0.327 e. The standard InChI is InChI=1S/C23H19N5O2S/c1-13-18-22(24-12-27(2)23(18)30)31-19(13)21(29)25-15-10-8-14(9-11-15)20-26-16-6-4-5-7-17(16)28(20)3/h4-12H,1-3H3,(H,25,29). The number of imidazole rings is 1. The molecule has 1 N–H and O–H groups in total. The summed E-state index contributed by atoms with van der Waals surface area (Å²) in [6.45, 7) is 1.78. The van der Waals surface area contributed by atoms with Gasteiger partial charge in [-0.2, -0.15) is 0 Å². The number of carbonyl (C=O) groups excluding carboxylic acids is 1. The van der Waals surface area contributed by atoms with Crippen LogP contribution in [0.4, 0.5) is 5.69 Å². The Morgan fingerprint density at radius 1 is 1.06 bits per heavy atom. The molecule has 3 aromatic heterocycles. The molecule has 0 spiro atoms. The Bertz CT molecular complexity index is 1530. The number of hydrogen-bond donors (Lipinski definition) is 1. The number of nitrogens with one attached hydrogen (secondary N) is 1. The van der Waals surface area contributed by atoms with Crippen LogP contribution in [0.2, 0.25) is 0 Å². The first-order valence-electron chi connectivity index (χ1n) is 9.72. The predicted molar refractivity (Wildman–Crippen MR) is 124 cm³/mol. The lowest BCUT2D eigenvalue weighted by atomic mass is 10.2. The van der Waals surface area contributed by atoms with E-state index >= 15 is 0 Å². The van der Waals surface area contributed by atoms with E-state index in [4.69, 9.17) is 4.98 Å². The van der Waals surface area contributed by atoms with Crippen molar-refractivity contribution in [2.75, 3.05) is 5.32 Å². The molecule has 8 heteroatoms. The smallest absolute Gasteiger partial charge is 0.266 e. The molecule has 0 atom stereocenters. The number of amides is 1. The lowest BCUT2D eigenvalue weighted by Crippen LogP contribution is -2.17. The molecule has 31 heavy (non-hydrogen) atoms. The van der Waals surface area contributed by atoms with Crippen molar-refractivity contribution >= 4 is 44.2 Å². The number of thiophene rings is 1. The summed E-state index contributed by atoms with van der Waals surface area (Å²) in [4.78, 5) is 35.3. The molecule has 154 valence electrons. The summed E-state index contributed by atoms with van der Waals surface area (Å²) >= 11 is 1.23. The fraction of sp³-hybridized carbons (Fsp3) is 0.130. The molecule has 0 aliphatic heterocycles. The summed E-state index contributed by atoms with van der Waals surface area (Å²) in [6.07, 6.45) is 1.47. The topological polar surface area (TPSA) is 81.8 Å². The number of benzene rings is 2. The highest BCUT2D eigenvalue weighted by atomic mass is 32.1. The van der Waals surface area contributed by atoms with E-state index in [2.05, 4.69) is 14.9 Å². The van der Waals surface area contributed by atoms with Gasteiger partial charge in [-0.25, -0.2) is 9.97 Å². The van der Waals surface area contributed by atoms with E-state index in [0.29, 0.717) is 26.3 Å². The van der Waals surface area contributed by atoms with Crippen molar-refractivity contribution in [3.8, 4) is 11.4 Å². The van der Waals surface area contributed by atoms with Crippen LogP contribution in [-0.2, 0) is 14.1 Å². The molecule has 5 aromatic rings. The quantitative estimate of drug-likeness (QED) is 0.468. The van der Waals surface area contributed by atoms with Gasteiger partial charge in [-0.1, -0.05) is 12.1 Å². The monoisotopic (exact) mass is 429 g/mol. The van der Waals surface area contributed by atoms with Crippen LogP contribution in [0.1, 0.15) is 15.2 Å². The molecule has 0 saturated carbocycles. The van der Waals surface area contributed by atoms with E-state index in [-0.39, 0.29) is 11.5 Å². The molecule has 0 bridgehead atoms. The maximum Gasteiger partial charge on any atom is 0.266 e. The van der Waals surface area contributed by atoms with Gasteiger partial charge in [0.1, 0.15) is 10.7 Å². The molecular formula is C23H19N5O2S. The molecule has 0 radical (unpaired) electrons. The maximum atomic E-state index is 12.9. The molecule has 0 fully saturated rings. The summed E-state index contributed by atoms with van der Waals surface area (Å²) in [5, 5.41) is 3.42. The van der Waals surface area contributed by atoms with E-state index in [1.807, 2.05) is 55.6 Å². The van der Waals surface area contributed by atoms with Crippen LogP contribution in [0.3, 0.4) is 0 Å². The molecule has 5 rings (SSSR count). The van der Waals surface area contributed by atoms with E-state index in [9.17, 15) is 9.59 Å². The molecular weight excluding hydrogens is 410 g/mol. The molecule has 0 aliphatic rings. The normalized spacial score (nSPS) is 11.3. The summed E-state index contributed by atoms with van der Waals surface area (Å²) in [7, 11) is 3.64. The van der Waals surface area contributed by atoms with Gasteiger partial charge in [0, 0.05) is 25.3 Å². The van der Waals surface area contributed by atoms with E-state index in [1.165, 1.54) is 22.2 Å².